The van der Waals surface area contributed by atoms with Crippen LogP contribution in [-0.2, 0) is 6.54 Å². The van der Waals surface area contributed by atoms with Gasteiger partial charge in [-0.25, -0.2) is 0 Å². The summed E-state index contributed by atoms with van der Waals surface area (Å²) in [5.74, 6) is 0. The maximum absolute atomic E-state index is 11.7. The van der Waals surface area contributed by atoms with E-state index in [4.69, 9.17) is 0 Å². The molecule has 1 N–H and O–H groups in total. The number of benzene rings is 1. The van der Waals surface area contributed by atoms with Gasteiger partial charge in [0.15, 0.2) is 0 Å². The number of hydrogen-bond donors (Lipinski definition) is 1. The Hall–Kier alpha value is -2.23. The second kappa shape index (κ2) is 5.18. The fourth-order valence-electron chi connectivity index (χ4n) is 2.45. The van der Waals surface area contributed by atoms with Gasteiger partial charge in [-0.3, -0.25) is 4.79 Å². The number of para-hydroxylation sites is 2. The van der Waals surface area contributed by atoms with Crippen molar-refractivity contribution in [1.82, 2.24) is 4.57 Å². The lowest BCUT2D eigenvalue weighted by atomic mass is 10.2. The number of fused-ring (bicyclic) bond motifs is 1. The lowest BCUT2D eigenvalue weighted by Gasteiger charge is -2.32. The molecule has 4 heteroatoms. The van der Waals surface area contributed by atoms with Crippen molar-refractivity contribution < 1.29 is 0 Å². The molecular formula is C15H17N3O. The Bertz CT molecular complexity index is 621. The first-order valence-corrected chi connectivity index (χ1v) is 6.58. The highest BCUT2D eigenvalue weighted by Crippen LogP contribution is 2.27. The number of hydrogen-bond acceptors (Lipinski definition) is 3. The van der Waals surface area contributed by atoms with E-state index in [0.29, 0.717) is 6.54 Å². The van der Waals surface area contributed by atoms with Crippen LogP contribution in [-0.4, -0.2) is 24.2 Å². The maximum Gasteiger partial charge on any atom is 0.250 e. The van der Waals surface area contributed by atoms with Crippen molar-refractivity contribution in [1.29, 1.82) is 0 Å². The highest BCUT2D eigenvalue weighted by atomic mass is 16.1. The quantitative estimate of drug-likeness (QED) is 0.908. The number of nitrogens with zero attached hydrogens (tertiary/aromatic N) is 2. The van der Waals surface area contributed by atoms with Gasteiger partial charge in [-0.1, -0.05) is 18.2 Å². The minimum atomic E-state index is 0.0610. The Morgan fingerprint density at radius 2 is 1.89 bits per heavy atom. The van der Waals surface area contributed by atoms with Crippen LogP contribution in [0.3, 0.4) is 0 Å². The second-order valence-corrected chi connectivity index (χ2v) is 4.66. The predicted octanol–water partition coefficient (Wildman–Crippen LogP) is 1.78. The first-order valence-electron chi connectivity index (χ1n) is 6.58. The molecule has 0 radical (unpaired) electrons. The molecule has 0 saturated carbocycles. The average molecular weight is 255 g/mol. The lowest BCUT2D eigenvalue weighted by Crippen LogP contribution is -2.37. The van der Waals surface area contributed by atoms with Crippen molar-refractivity contribution in [3.63, 3.8) is 0 Å². The van der Waals surface area contributed by atoms with Crippen molar-refractivity contribution >= 4 is 11.4 Å². The molecule has 3 rings (SSSR count). The van der Waals surface area contributed by atoms with Crippen molar-refractivity contribution in [3.8, 4) is 0 Å². The Morgan fingerprint density at radius 1 is 1.05 bits per heavy atom. The highest BCUT2D eigenvalue weighted by Gasteiger charge is 2.15. The third-order valence-electron chi connectivity index (χ3n) is 3.45. The molecular weight excluding hydrogens is 238 g/mol. The average Bonchev–Trinajstić information content (AvgIpc) is 2.46. The molecule has 0 unspecified atom stereocenters. The van der Waals surface area contributed by atoms with Crippen LogP contribution in [0.1, 0.15) is 0 Å². The highest BCUT2D eigenvalue weighted by molar-refractivity contribution is 5.71. The van der Waals surface area contributed by atoms with Crippen molar-refractivity contribution in [3.05, 3.63) is 59.0 Å². The zero-order chi connectivity index (χ0) is 13.1. The first kappa shape index (κ1) is 11.8. The molecule has 0 amide bonds. The molecule has 0 bridgehead atoms. The number of pyridine rings is 1. The summed E-state index contributed by atoms with van der Waals surface area (Å²) < 4.78 is 1.75. The summed E-state index contributed by atoms with van der Waals surface area (Å²) in [4.78, 5) is 14.0. The summed E-state index contributed by atoms with van der Waals surface area (Å²) in [5.41, 5.74) is 2.46. The number of nitrogens with one attached hydrogen (secondary N) is 1. The molecule has 2 aromatic rings. The van der Waals surface area contributed by atoms with Gasteiger partial charge in [-0.15, -0.1) is 0 Å². The number of rotatable bonds is 3. The third-order valence-corrected chi connectivity index (χ3v) is 3.45. The molecule has 0 spiro atoms. The normalized spacial score (nSPS) is 13.8. The Morgan fingerprint density at radius 3 is 2.79 bits per heavy atom. The monoisotopic (exact) mass is 255 g/mol. The van der Waals surface area contributed by atoms with E-state index in [1.165, 1.54) is 11.4 Å². The molecule has 19 heavy (non-hydrogen) atoms. The van der Waals surface area contributed by atoms with E-state index in [-0.39, 0.29) is 5.56 Å². The van der Waals surface area contributed by atoms with Crippen LogP contribution in [0.25, 0.3) is 0 Å². The summed E-state index contributed by atoms with van der Waals surface area (Å²) in [6, 6.07) is 13.6. The fourth-order valence-corrected chi connectivity index (χ4v) is 2.45. The smallest absolute Gasteiger partial charge is 0.250 e. The van der Waals surface area contributed by atoms with E-state index in [1.807, 2.05) is 24.4 Å². The van der Waals surface area contributed by atoms with Gasteiger partial charge in [0.2, 0.25) is 0 Å². The van der Waals surface area contributed by atoms with Crippen molar-refractivity contribution in [2.45, 2.75) is 6.54 Å². The van der Waals surface area contributed by atoms with E-state index in [9.17, 15) is 4.79 Å². The van der Waals surface area contributed by atoms with Gasteiger partial charge in [0.1, 0.15) is 0 Å². The summed E-state index contributed by atoms with van der Waals surface area (Å²) in [7, 11) is 0. The van der Waals surface area contributed by atoms with Crippen LogP contribution in [0.2, 0.25) is 0 Å². The Kier molecular flexibility index (Phi) is 3.23. The molecule has 0 fully saturated rings. The second-order valence-electron chi connectivity index (χ2n) is 4.66. The zero-order valence-corrected chi connectivity index (χ0v) is 10.7. The molecule has 1 aromatic heterocycles. The lowest BCUT2D eigenvalue weighted by molar-refractivity contribution is 0.636. The van der Waals surface area contributed by atoms with Crippen LogP contribution in [0.15, 0.2) is 53.5 Å². The standard InChI is InChI=1S/C15H17N3O/c19-15-7-3-4-9-18(15)12-11-17-10-8-16-13-5-1-2-6-14(13)17/h1-7,9,16H,8,10-12H2. The summed E-state index contributed by atoms with van der Waals surface area (Å²) in [5, 5.41) is 3.39. The summed E-state index contributed by atoms with van der Waals surface area (Å²) >= 11 is 0. The van der Waals surface area contributed by atoms with Crippen LogP contribution in [0, 0.1) is 0 Å². The first-order chi connectivity index (χ1) is 9.34. The van der Waals surface area contributed by atoms with Gasteiger partial charge >= 0.3 is 0 Å². The molecule has 1 aliphatic heterocycles. The molecule has 4 nitrogen and oxygen atoms in total. The topological polar surface area (TPSA) is 37.3 Å². The Labute approximate surface area is 112 Å². The van der Waals surface area contributed by atoms with Gasteiger partial charge < -0.3 is 14.8 Å². The number of aromatic nitrogens is 1. The van der Waals surface area contributed by atoms with E-state index in [1.54, 1.807) is 16.7 Å². The number of anilines is 2. The molecule has 0 saturated heterocycles. The maximum atomic E-state index is 11.7. The molecule has 1 aromatic carbocycles. The van der Waals surface area contributed by atoms with Crippen LogP contribution in [0.4, 0.5) is 11.4 Å². The summed E-state index contributed by atoms with van der Waals surface area (Å²) in [6.07, 6.45) is 1.84. The summed E-state index contributed by atoms with van der Waals surface area (Å²) in [6.45, 7) is 3.48. The van der Waals surface area contributed by atoms with E-state index in [0.717, 1.165) is 19.6 Å². The SMILES string of the molecule is O=c1ccccn1CCN1CCNc2ccccc21. The van der Waals surface area contributed by atoms with Crippen molar-refractivity contribution in [2.24, 2.45) is 0 Å². The minimum absolute atomic E-state index is 0.0610. The molecule has 98 valence electrons. The van der Waals surface area contributed by atoms with Crippen LogP contribution < -0.4 is 15.8 Å². The fraction of sp³-hybridized carbons (Fsp3) is 0.267. The largest absolute Gasteiger partial charge is 0.382 e. The van der Waals surface area contributed by atoms with E-state index >= 15 is 0 Å². The zero-order valence-electron chi connectivity index (χ0n) is 10.7. The van der Waals surface area contributed by atoms with Crippen LogP contribution >= 0.6 is 0 Å². The van der Waals surface area contributed by atoms with Gasteiger partial charge in [-0.2, -0.15) is 0 Å². The van der Waals surface area contributed by atoms with E-state index < -0.39 is 0 Å². The van der Waals surface area contributed by atoms with Gasteiger partial charge in [0, 0.05) is 38.4 Å². The molecule has 1 aliphatic rings. The predicted molar refractivity (Wildman–Crippen MR) is 77.8 cm³/mol. The third kappa shape index (κ3) is 2.47. The minimum Gasteiger partial charge on any atom is -0.382 e. The molecule has 0 atom stereocenters. The van der Waals surface area contributed by atoms with Gasteiger partial charge in [-0.05, 0) is 18.2 Å². The van der Waals surface area contributed by atoms with Gasteiger partial charge in [0.25, 0.3) is 5.56 Å². The van der Waals surface area contributed by atoms with Crippen LogP contribution in [0.5, 0.6) is 0 Å². The molecule has 2 heterocycles. The van der Waals surface area contributed by atoms with Gasteiger partial charge in [0.05, 0.1) is 11.4 Å². The van der Waals surface area contributed by atoms with Crippen molar-refractivity contribution in [2.75, 3.05) is 29.9 Å². The Balaban J connectivity index is 1.75. The molecule has 0 aliphatic carbocycles. The van der Waals surface area contributed by atoms with E-state index in [2.05, 4.69) is 22.3 Å².